The third kappa shape index (κ3) is 2.22. The largest absolute Gasteiger partial charge is 0.464 e. The Balaban J connectivity index is 3.14. The van der Waals surface area contributed by atoms with Gasteiger partial charge in [0.05, 0.1) is 6.61 Å². The summed E-state index contributed by atoms with van der Waals surface area (Å²) in [4.78, 5) is 11.6. The van der Waals surface area contributed by atoms with Crippen molar-refractivity contribution in [1.82, 2.24) is 0 Å². The Bertz CT molecular complexity index is 378. The van der Waals surface area contributed by atoms with Gasteiger partial charge in [0.25, 0.3) is 0 Å². The van der Waals surface area contributed by atoms with Crippen molar-refractivity contribution in [3.05, 3.63) is 35.6 Å². The molecule has 1 rings (SSSR count). The second-order valence-electron chi connectivity index (χ2n) is 3.41. The summed E-state index contributed by atoms with van der Waals surface area (Å²) < 4.78 is 18.3. The molecule has 0 saturated carbocycles. The fourth-order valence-corrected chi connectivity index (χ4v) is 1.49. The fraction of sp³-hybridized carbons (Fsp3) is 0.417. The van der Waals surface area contributed by atoms with Crippen LogP contribution in [0.1, 0.15) is 25.8 Å². The third-order valence-electron chi connectivity index (χ3n) is 2.44. The van der Waals surface area contributed by atoms with Crippen molar-refractivity contribution in [2.75, 3.05) is 6.61 Å². The number of carbonyl (C=O) groups is 1. The molecule has 0 spiro atoms. The molecule has 1 aromatic carbocycles. The van der Waals surface area contributed by atoms with Crippen LogP contribution in [0, 0.1) is 5.82 Å². The van der Waals surface area contributed by atoms with Crippen LogP contribution >= 0.6 is 0 Å². The van der Waals surface area contributed by atoms with E-state index in [0.29, 0.717) is 0 Å². The molecular formula is C12H15FO3. The van der Waals surface area contributed by atoms with Crippen LogP contribution < -0.4 is 0 Å². The van der Waals surface area contributed by atoms with Crippen LogP contribution in [0.5, 0.6) is 0 Å². The first kappa shape index (κ1) is 12.6. The predicted molar refractivity (Wildman–Crippen MR) is 57.2 cm³/mol. The fourth-order valence-electron chi connectivity index (χ4n) is 1.49. The minimum atomic E-state index is -1.90. The van der Waals surface area contributed by atoms with Crippen LogP contribution in [-0.4, -0.2) is 17.7 Å². The molecule has 4 heteroatoms. The first-order chi connectivity index (χ1) is 7.56. The van der Waals surface area contributed by atoms with Gasteiger partial charge in [0, 0.05) is 5.56 Å². The molecule has 0 heterocycles. The van der Waals surface area contributed by atoms with Crippen molar-refractivity contribution in [3.8, 4) is 0 Å². The quantitative estimate of drug-likeness (QED) is 0.798. The van der Waals surface area contributed by atoms with Crippen molar-refractivity contribution < 1.29 is 19.0 Å². The molecule has 0 amide bonds. The molecule has 1 unspecified atom stereocenters. The van der Waals surface area contributed by atoms with E-state index in [9.17, 15) is 14.3 Å². The van der Waals surface area contributed by atoms with E-state index < -0.39 is 17.4 Å². The van der Waals surface area contributed by atoms with Gasteiger partial charge in [-0.2, -0.15) is 0 Å². The summed E-state index contributed by atoms with van der Waals surface area (Å²) >= 11 is 0. The van der Waals surface area contributed by atoms with Crippen molar-refractivity contribution in [2.45, 2.75) is 25.9 Å². The number of rotatable bonds is 4. The summed E-state index contributed by atoms with van der Waals surface area (Å²) in [5.41, 5.74) is -1.95. The minimum absolute atomic E-state index is 0.0454. The first-order valence-corrected chi connectivity index (χ1v) is 5.20. The molecule has 1 aromatic rings. The van der Waals surface area contributed by atoms with Gasteiger partial charge >= 0.3 is 5.97 Å². The highest BCUT2D eigenvalue weighted by atomic mass is 19.1. The summed E-state index contributed by atoms with van der Waals surface area (Å²) in [6, 6.07) is 5.66. The van der Waals surface area contributed by atoms with Crippen LogP contribution in [0.2, 0.25) is 0 Å². The molecule has 0 aromatic heterocycles. The highest BCUT2D eigenvalue weighted by Crippen LogP contribution is 2.28. The van der Waals surface area contributed by atoms with Crippen LogP contribution in [0.15, 0.2) is 24.3 Å². The normalized spacial score (nSPS) is 14.2. The first-order valence-electron chi connectivity index (χ1n) is 5.20. The molecule has 1 atom stereocenters. The zero-order valence-corrected chi connectivity index (χ0v) is 9.37. The standard InChI is InChI=1S/C12H15FO3/c1-3-12(15,11(14)16-4-2)9-7-5-6-8-10(9)13/h5-8,15H,3-4H2,1-2H3. The number of aliphatic hydroxyl groups is 1. The average molecular weight is 226 g/mol. The van der Waals surface area contributed by atoms with Gasteiger partial charge in [0.1, 0.15) is 5.82 Å². The van der Waals surface area contributed by atoms with E-state index in [-0.39, 0.29) is 18.6 Å². The molecule has 0 aliphatic carbocycles. The van der Waals surface area contributed by atoms with Crippen LogP contribution in [0.4, 0.5) is 4.39 Å². The second-order valence-corrected chi connectivity index (χ2v) is 3.41. The zero-order valence-electron chi connectivity index (χ0n) is 9.37. The average Bonchev–Trinajstić information content (AvgIpc) is 2.29. The van der Waals surface area contributed by atoms with Gasteiger partial charge in [0.15, 0.2) is 5.60 Å². The Morgan fingerprint density at radius 1 is 1.44 bits per heavy atom. The number of ether oxygens (including phenoxy) is 1. The van der Waals surface area contributed by atoms with Gasteiger partial charge in [-0.3, -0.25) is 0 Å². The lowest BCUT2D eigenvalue weighted by Crippen LogP contribution is -2.37. The topological polar surface area (TPSA) is 46.5 Å². The summed E-state index contributed by atoms with van der Waals surface area (Å²) in [7, 11) is 0. The lowest BCUT2D eigenvalue weighted by atomic mass is 9.91. The molecule has 0 bridgehead atoms. The molecule has 16 heavy (non-hydrogen) atoms. The van der Waals surface area contributed by atoms with Gasteiger partial charge in [-0.1, -0.05) is 25.1 Å². The van der Waals surface area contributed by atoms with E-state index >= 15 is 0 Å². The number of benzene rings is 1. The van der Waals surface area contributed by atoms with Gasteiger partial charge < -0.3 is 9.84 Å². The molecule has 0 radical (unpaired) electrons. The Morgan fingerprint density at radius 3 is 2.56 bits per heavy atom. The number of hydrogen-bond donors (Lipinski definition) is 1. The van der Waals surface area contributed by atoms with Crippen molar-refractivity contribution >= 4 is 5.97 Å². The van der Waals surface area contributed by atoms with Gasteiger partial charge in [-0.25, -0.2) is 9.18 Å². The van der Waals surface area contributed by atoms with Gasteiger partial charge in [0.2, 0.25) is 0 Å². The maximum atomic E-state index is 13.5. The Hall–Kier alpha value is -1.42. The summed E-state index contributed by atoms with van der Waals surface area (Å²) in [5, 5.41) is 10.2. The molecule has 0 saturated heterocycles. The monoisotopic (exact) mass is 226 g/mol. The lowest BCUT2D eigenvalue weighted by Gasteiger charge is -2.25. The van der Waals surface area contributed by atoms with Crippen LogP contribution in [-0.2, 0) is 15.1 Å². The smallest absolute Gasteiger partial charge is 0.342 e. The highest BCUT2D eigenvalue weighted by molar-refractivity contribution is 5.81. The maximum Gasteiger partial charge on any atom is 0.342 e. The zero-order chi connectivity index (χ0) is 12.2. The molecule has 1 N–H and O–H groups in total. The van der Waals surface area contributed by atoms with Crippen molar-refractivity contribution in [3.63, 3.8) is 0 Å². The molecule has 0 aliphatic heterocycles. The Morgan fingerprint density at radius 2 is 2.06 bits per heavy atom. The number of hydrogen-bond acceptors (Lipinski definition) is 3. The van der Waals surface area contributed by atoms with Gasteiger partial charge in [-0.05, 0) is 19.4 Å². The highest BCUT2D eigenvalue weighted by Gasteiger charge is 2.39. The molecule has 3 nitrogen and oxygen atoms in total. The molecular weight excluding hydrogens is 211 g/mol. The predicted octanol–water partition coefficient (Wildman–Crippen LogP) is 1.99. The van der Waals surface area contributed by atoms with Crippen LogP contribution in [0.3, 0.4) is 0 Å². The molecule has 88 valence electrons. The molecule has 0 aliphatic rings. The van der Waals surface area contributed by atoms with E-state index in [0.717, 1.165) is 0 Å². The Kier molecular flexibility index (Phi) is 4.01. The number of carbonyl (C=O) groups excluding carboxylic acids is 1. The minimum Gasteiger partial charge on any atom is -0.464 e. The third-order valence-corrected chi connectivity index (χ3v) is 2.44. The van der Waals surface area contributed by atoms with E-state index in [1.165, 1.54) is 18.2 Å². The van der Waals surface area contributed by atoms with Crippen molar-refractivity contribution in [1.29, 1.82) is 0 Å². The second kappa shape index (κ2) is 5.07. The summed E-state index contributed by atoms with van der Waals surface area (Å²) in [6.07, 6.45) is 0.0623. The van der Waals surface area contributed by atoms with E-state index in [1.54, 1.807) is 19.9 Å². The van der Waals surface area contributed by atoms with E-state index in [4.69, 9.17) is 4.74 Å². The summed E-state index contributed by atoms with van der Waals surface area (Å²) in [6.45, 7) is 3.38. The number of esters is 1. The van der Waals surface area contributed by atoms with Crippen molar-refractivity contribution in [2.24, 2.45) is 0 Å². The SMILES string of the molecule is CCOC(=O)C(O)(CC)c1ccccc1F. The van der Waals surface area contributed by atoms with E-state index in [1.807, 2.05) is 0 Å². The lowest BCUT2D eigenvalue weighted by molar-refractivity contribution is -0.167. The number of halogens is 1. The van der Waals surface area contributed by atoms with E-state index in [2.05, 4.69) is 0 Å². The Labute approximate surface area is 93.9 Å². The molecule has 0 fully saturated rings. The summed E-state index contributed by atoms with van der Waals surface area (Å²) in [5.74, 6) is -1.43. The maximum absolute atomic E-state index is 13.5. The van der Waals surface area contributed by atoms with Gasteiger partial charge in [-0.15, -0.1) is 0 Å². The van der Waals surface area contributed by atoms with Crippen LogP contribution in [0.25, 0.3) is 0 Å².